The van der Waals surface area contributed by atoms with Gasteiger partial charge >= 0.3 is 0 Å². The molecule has 2 atom stereocenters. The smallest absolute Gasteiger partial charge is 0.268 e. The summed E-state index contributed by atoms with van der Waals surface area (Å²) < 4.78 is 0. The third-order valence-corrected chi connectivity index (χ3v) is 6.90. The van der Waals surface area contributed by atoms with Gasteiger partial charge in [0.15, 0.2) is 0 Å². The molecular formula is C23H28N4O3. The number of aromatic amines is 1. The van der Waals surface area contributed by atoms with Crippen molar-refractivity contribution in [3.8, 4) is 0 Å². The summed E-state index contributed by atoms with van der Waals surface area (Å²) in [6.45, 7) is 1.94. The Bertz CT molecular complexity index is 950. The van der Waals surface area contributed by atoms with Gasteiger partial charge in [0, 0.05) is 49.4 Å². The molecule has 2 aromatic rings. The van der Waals surface area contributed by atoms with Gasteiger partial charge in [-0.2, -0.15) is 0 Å². The van der Waals surface area contributed by atoms with E-state index in [1.807, 2.05) is 35.2 Å². The number of H-pyrrole nitrogens is 1. The highest BCUT2D eigenvalue weighted by atomic mass is 16.2. The number of para-hydroxylation sites is 1. The molecule has 1 saturated carbocycles. The zero-order valence-electron chi connectivity index (χ0n) is 17.1. The average Bonchev–Trinajstić information content (AvgIpc) is 3.32. The molecule has 1 aliphatic carbocycles. The minimum Gasteiger partial charge on any atom is -0.356 e. The summed E-state index contributed by atoms with van der Waals surface area (Å²) in [5.41, 5.74) is 1.68. The normalized spacial score (nSPS) is 25.2. The van der Waals surface area contributed by atoms with Crippen LogP contribution in [0.1, 0.15) is 49.0 Å². The van der Waals surface area contributed by atoms with Crippen LogP contribution in [-0.2, 0) is 9.59 Å². The Labute approximate surface area is 175 Å². The van der Waals surface area contributed by atoms with Crippen LogP contribution in [0.4, 0.5) is 0 Å². The van der Waals surface area contributed by atoms with Crippen LogP contribution in [0.2, 0.25) is 0 Å². The van der Waals surface area contributed by atoms with Crippen molar-refractivity contribution in [2.75, 3.05) is 19.6 Å². The number of fused-ring (bicyclic) bond motifs is 1. The molecule has 3 aliphatic rings. The van der Waals surface area contributed by atoms with E-state index in [1.165, 1.54) is 0 Å². The predicted octanol–water partition coefficient (Wildman–Crippen LogP) is 2.20. The number of benzene rings is 1. The largest absolute Gasteiger partial charge is 0.356 e. The molecule has 2 unspecified atom stereocenters. The van der Waals surface area contributed by atoms with Gasteiger partial charge in [0.2, 0.25) is 11.8 Å². The molecule has 3 fully saturated rings. The first kappa shape index (κ1) is 19.2. The zero-order chi connectivity index (χ0) is 20.7. The Morgan fingerprint density at radius 3 is 2.80 bits per heavy atom. The maximum atomic E-state index is 13.0. The SMILES string of the molecule is O=C1CCC(CC(=O)N2CC(NC(=O)c3cc4ccccc4[nH]3)CC3(CC3)C2)CN1. The molecular weight excluding hydrogens is 380 g/mol. The highest BCUT2D eigenvalue weighted by molar-refractivity contribution is 5.98. The van der Waals surface area contributed by atoms with Crippen molar-refractivity contribution in [1.29, 1.82) is 0 Å². The average molecular weight is 409 g/mol. The van der Waals surface area contributed by atoms with Crippen molar-refractivity contribution < 1.29 is 14.4 Å². The van der Waals surface area contributed by atoms with Crippen LogP contribution in [0.15, 0.2) is 30.3 Å². The van der Waals surface area contributed by atoms with Gasteiger partial charge in [0.25, 0.3) is 5.91 Å². The van der Waals surface area contributed by atoms with Crippen molar-refractivity contribution >= 4 is 28.6 Å². The number of carbonyl (C=O) groups excluding carboxylic acids is 3. The van der Waals surface area contributed by atoms with E-state index in [-0.39, 0.29) is 35.1 Å². The minimum absolute atomic E-state index is 0.0322. The van der Waals surface area contributed by atoms with Crippen LogP contribution in [-0.4, -0.2) is 53.3 Å². The Morgan fingerprint density at radius 1 is 1.23 bits per heavy atom. The summed E-state index contributed by atoms with van der Waals surface area (Å²) in [4.78, 5) is 42.3. The van der Waals surface area contributed by atoms with Crippen LogP contribution < -0.4 is 10.6 Å². The van der Waals surface area contributed by atoms with E-state index in [1.54, 1.807) is 0 Å². The van der Waals surface area contributed by atoms with Crippen LogP contribution in [0.25, 0.3) is 10.9 Å². The Kier molecular flexibility index (Phi) is 4.76. The minimum atomic E-state index is -0.115. The topological polar surface area (TPSA) is 94.3 Å². The molecule has 3 heterocycles. The van der Waals surface area contributed by atoms with E-state index in [9.17, 15) is 14.4 Å². The van der Waals surface area contributed by atoms with E-state index in [4.69, 9.17) is 0 Å². The molecule has 1 spiro atoms. The lowest BCUT2D eigenvalue weighted by Crippen LogP contribution is -2.53. The number of piperidine rings is 2. The predicted molar refractivity (Wildman–Crippen MR) is 113 cm³/mol. The van der Waals surface area contributed by atoms with E-state index < -0.39 is 0 Å². The zero-order valence-corrected chi connectivity index (χ0v) is 17.1. The standard InChI is InChI=1S/C23H28N4O3/c28-20-6-5-15(12-24-20)9-21(29)27-13-17(11-23(14-27)7-8-23)25-22(30)19-10-16-3-1-2-4-18(16)26-19/h1-4,10,15,17,26H,5-9,11-14H2,(H,24,28)(H,25,30). The molecule has 5 rings (SSSR count). The van der Waals surface area contributed by atoms with Gasteiger partial charge in [-0.15, -0.1) is 0 Å². The van der Waals surface area contributed by atoms with Crippen molar-refractivity contribution in [1.82, 2.24) is 20.5 Å². The molecule has 158 valence electrons. The number of rotatable bonds is 4. The lowest BCUT2D eigenvalue weighted by Gasteiger charge is -2.39. The number of nitrogens with zero attached hydrogens (tertiary/aromatic N) is 1. The molecule has 7 nitrogen and oxygen atoms in total. The Hall–Kier alpha value is -2.83. The number of hydrogen-bond donors (Lipinski definition) is 3. The molecule has 1 aromatic heterocycles. The second kappa shape index (κ2) is 7.45. The fourth-order valence-corrected chi connectivity index (χ4v) is 5.01. The Balaban J connectivity index is 1.23. The highest BCUT2D eigenvalue weighted by Crippen LogP contribution is 2.52. The third kappa shape index (κ3) is 3.93. The summed E-state index contributed by atoms with van der Waals surface area (Å²) in [5, 5.41) is 7.04. The van der Waals surface area contributed by atoms with E-state index in [0.717, 1.165) is 43.1 Å². The number of aromatic nitrogens is 1. The van der Waals surface area contributed by atoms with Crippen molar-refractivity contribution in [3.05, 3.63) is 36.0 Å². The fourth-order valence-electron chi connectivity index (χ4n) is 5.01. The fraction of sp³-hybridized carbons (Fsp3) is 0.522. The molecule has 1 aromatic carbocycles. The molecule has 3 amide bonds. The van der Waals surface area contributed by atoms with Gasteiger partial charge in [0.1, 0.15) is 5.69 Å². The number of nitrogens with one attached hydrogen (secondary N) is 3. The summed E-state index contributed by atoms with van der Waals surface area (Å²) in [6, 6.07) is 9.68. The maximum absolute atomic E-state index is 13.0. The first-order valence-electron chi connectivity index (χ1n) is 10.9. The molecule has 3 N–H and O–H groups in total. The van der Waals surface area contributed by atoms with Gasteiger partial charge in [-0.1, -0.05) is 18.2 Å². The molecule has 0 bridgehead atoms. The van der Waals surface area contributed by atoms with Gasteiger partial charge < -0.3 is 20.5 Å². The molecule has 0 radical (unpaired) electrons. The molecule has 30 heavy (non-hydrogen) atoms. The second-order valence-electron chi connectivity index (χ2n) is 9.33. The summed E-state index contributed by atoms with van der Waals surface area (Å²) >= 11 is 0. The highest BCUT2D eigenvalue weighted by Gasteiger charge is 2.49. The van der Waals surface area contributed by atoms with Crippen LogP contribution in [0.3, 0.4) is 0 Å². The van der Waals surface area contributed by atoms with Gasteiger partial charge in [-0.25, -0.2) is 0 Å². The first-order chi connectivity index (χ1) is 14.5. The number of carbonyl (C=O) groups is 3. The van der Waals surface area contributed by atoms with Gasteiger partial charge in [-0.05, 0) is 49.1 Å². The van der Waals surface area contributed by atoms with E-state index in [2.05, 4.69) is 15.6 Å². The first-order valence-corrected chi connectivity index (χ1v) is 10.9. The van der Waals surface area contributed by atoms with Gasteiger partial charge in [0.05, 0.1) is 0 Å². The molecule has 7 heteroatoms. The van der Waals surface area contributed by atoms with E-state index >= 15 is 0 Å². The van der Waals surface area contributed by atoms with Crippen LogP contribution >= 0.6 is 0 Å². The van der Waals surface area contributed by atoms with Crippen LogP contribution in [0.5, 0.6) is 0 Å². The van der Waals surface area contributed by atoms with Crippen LogP contribution in [0, 0.1) is 11.3 Å². The van der Waals surface area contributed by atoms with E-state index in [0.29, 0.717) is 31.6 Å². The monoisotopic (exact) mass is 408 g/mol. The van der Waals surface area contributed by atoms with Gasteiger partial charge in [-0.3, -0.25) is 14.4 Å². The summed E-state index contributed by atoms with van der Waals surface area (Å²) in [7, 11) is 0. The Morgan fingerprint density at radius 2 is 2.07 bits per heavy atom. The summed E-state index contributed by atoms with van der Waals surface area (Å²) in [5.74, 6) is 0.323. The molecule has 2 aliphatic heterocycles. The third-order valence-electron chi connectivity index (χ3n) is 6.90. The maximum Gasteiger partial charge on any atom is 0.268 e. The number of hydrogen-bond acceptors (Lipinski definition) is 3. The van der Waals surface area contributed by atoms with Crippen molar-refractivity contribution in [3.63, 3.8) is 0 Å². The van der Waals surface area contributed by atoms with Crippen molar-refractivity contribution in [2.24, 2.45) is 11.3 Å². The summed E-state index contributed by atoms with van der Waals surface area (Å²) in [6.07, 6.45) is 4.92. The lowest BCUT2D eigenvalue weighted by atomic mass is 9.89. The van der Waals surface area contributed by atoms with Crippen molar-refractivity contribution in [2.45, 2.75) is 44.6 Å². The quantitative estimate of drug-likeness (QED) is 0.724. The second-order valence-corrected chi connectivity index (χ2v) is 9.33. The lowest BCUT2D eigenvalue weighted by molar-refractivity contribution is -0.136. The number of likely N-dealkylation sites (tertiary alicyclic amines) is 1. The molecule has 2 saturated heterocycles. The number of amides is 3.